The van der Waals surface area contributed by atoms with Gasteiger partial charge < -0.3 is 9.32 Å². The number of carbonyl (C=O) groups excluding carboxylic acids is 1. The summed E-state index contributed by atoms with van der Waals surface area (Å²) in [6, 6.07) is 19.2. The number of nitrogens with zero attached hydrogens (tertiary/aromatic N) is 3. The second kappa shape index (κ2) is 7.98. The molecule has 0 saturated carbocycles. The van der Waals surface area contributed by atoms with Crippen LogP contribution in [0.1, 0.15) is 13.8 Å². The molecule has 0 bridgehead atoms. The lowest BCUT2D eigenvalue weighted by atomic mass is 10.2. The summed E-state index contributed by atoms with van der Waals surface area (Å²) in [7, 11) is 0. The van der Waals surface area contributed by atoms with Crippen LogP contribution < -0.4 is 4.90 Å². The minimum absolute atomic E-state index is 0.0122. The van der Waals surface area contributed by atoms with Crippen molar-refractivity contribution >= 4 is 23.4 Å². The third-order valence-electron chi connectivity index (χ3n) is 3.70. The molecule has 1 heterocycles. The fourth-order valence-electron chi connectivity index (χ4n) is 2.45. The minimum atomic E-state index is -0.329. The van der Waals surface area contributed by atoms with Crippen LogP contribution in [-0.2, 0) is 4.79 Å². The normalized spacial score (nSPS) is 11.9. The molecule has 1 aromatic heterocycles. The average Bonchev–Trinajstić information content (AvgIpc) is 3.12. The second-order valence-electron chi connectivity index (χ2n) is 5.42. The van der Waals surface area contributed by atoms with Crippen molar-refractivity contribution in [2.75, 3.05) is 11.4 Å². The van der Waals surface area contributed by atoms with Gasteiger partial charge in [-0.3, -0.25) is 4.79 Å². The number of hydrogen-bond acceptors (Lipinski definition) is 5. The predicted octanol–water partition coefficient (Wildman–Crippen LogP) is 4.27. The van der Waals surface area contributed by atoms with Crippen LogP contribution >= 0.6 is 11.8 Å². The summed E-state index contributed by atoms with van der Waals surface area (Å²) in [6.07, 6.45) is 0. The largest absolute Gasteiger partial charge is 0.411 e. The van der Waals surface area contributed by atoms with Gasteiger partial charge in [-0.15, -0.1) is 10.2 Å². The van der Waals surface area contributed by atoms with Crippen molar-refractivity contribution in [2.45, 2.75) is 24.3 Å². The maximum atomic E-state index is 12.8. The smallest absolute Gasteiger partial charge is 0.277 e. The summed E-state index contributed by atoms with van der Waals surface area (Å²) in [5.41, 5.74) is 1.75. The van der Waals surface area contributed by atoms with E-state index in [0.717, 1.165) is 11.3 Å². The Kier molecular flexibility index (Phi) is 5.50. The first kappa shape index (κ1) is 17.2. The van der Waals surface area contributed by atoms with Crippen LogP contribution in [0.3, 0.4) is 0 Å². The fourth-order valence-corrected chi connectivity index (χ4v) is 3.19. The van der Waals surface area contributed by atoms with E-state index in [1.807, 2.05) is 74.5 Å². The Morgan fingerprint density at radius 3 is 2.36 bits per heavy atom. The summed E-state index contributed by atoms with van der Waals surface area (Å²) < 4.78 is 5.68. The number of rotatable bonds is 6. The van der Waals surface area contributed by atoms with E-state index in [2.05, 4.69) is 10.2 Å². The zero-order valence-corrected chi connectivity index (χ0v) is 14.9. The number of anilines is 1. The number of para-hydroxylation sites is 1. The van der Waals surface area contributed by atoms with Gasteiger partial charge in [0.1, 0.15) is 0 Å². The molecule has 6 heteroatoms. The molecule has 128 valence electrons. The lowest BCUT2D eigenvalue weighted by molar-refractivity contribution is -0.117. The molecule has 2 aromatic carbocycles. The molecule has 1 unspecified atom stereocenters. The van der Waals surface area contributed by atoms with Crippen molar-refractivity contribution in [3.05, 3.63) is 60.7 Å². The number of benzene rings is 2. The second-order valence-corrected chi connectivity index (χ2v) is 6.71. The highest BCUT2D eigenvalue weighted by atomic mass is 32.2. The van der Waals surface area contributed by atoms with Gasteiger partial charge in [-0.05, 0) is 38.1 Å². The van der Waals surface area contributed by atoms with E-state index in [0.29, 0.717) is 17.7 Å². The third-order valence-corrected chi connectivity index (χ3v) is 4.62. The molecule has 5 nitrogen and oxygen atoms in total. The Balaban J connectivity index is 1.70. The van der Waals surface area contributed by atoms with Crippen LogP contribution in [0.4, 0.5) is 5.69 Å². The molecule has 0 aliphatic heterocycles. The van der Waals surface area contributed by atoms with E-state index in [4.69, 9.17) is 4.42 Å². The SMILES string of the molecule is CCN(C(=O)C(C)Sc1nnc(-c2ccccc2)o1)c1ccccc1. The van der Waals surface area contributed by atoms with Crippen molar-refractivity contribution in [1.82, 2.24) is 10.2 Å². The summed E-state index contributed by atoms with van der Waals surface area (Å²) in [4.78, 5) is 14.5. The highest BCUT2D eigenvalue weighted by Gasteiger charge is 2.24. The Morgan fingerprint density at radius 2 is 1.72 bits per heavy atom. The zero-order chi connectivity index (χ0) is 17.6. The number of thioether (sulfide) groups is 1. The van der Waals surface area contributed by atoms with Crippen LogP contribution in [0.25, 0.3) is 11.5 Å². The number of carbonyl (C=O) groups is 1. The van der Waals surface area contributed by atoms with Crippen LogP contribution in [0.2, 0.25) is 0 Å². The van der Waals surface area contributed by atoms with Crippen molar-refractivity contribution in [3.8, 4) is 11.5 Å². The summed E-state index contributed by atoms with van der Waals surface area (Å²) in [5, 5.41) is 8.17. The quantitative estimate of drug-likeness (QED) is 0.619. The van der Waals surface area contributed by atoms with Gasteiger partial charge in [0.2, 0.25) is 11.8 Å². The Morgan fingerprint density at radius 1 is 1.08 bits per heavy atom. The molecule has 25 heavy (non-hydrogen) atoms. The van der Waals surface area contributed by atoms with Gasteiger partial charge in [-0.1, -0.05) is 48.2 Å². The van der Waals surface area contributed by atoms with Gasteiger partial charge in [0.15, 0.2) is 0 Å². The average molecular weight is 353 g/mol. The third kappa shape index (κ3) is 4.09. The number of aromatic nitrogens is 2. The standard InChI is InChI=1S/C19H19N3O2S/c1-3-22(16-12-8-5-9-13-16)18(23)14(2)25-19-21-20-17(24-19)15-10-6-4-7-11-15/h4-14H,3H2,1-2H3. The number of amides is 1. The minimum Gasteiger partial charge on any atom is -0.411 e. The maximum Gasteiger partial charge on any atom is 0.277 e. The van der Waals surface area contributed by atoms with Gasteiger partial charge in [-0.25, -0.2) is 0 Å². The molecule has 0 spiro atoms. The molecule has 0 radical (unpaired) electrons. The first-order valence-electron chi connectivity index (χ1n) is 8.11. The summed E-state index contributed by atoms with van der Waals surface area (Å²) in [6.45, 7) is 4.42. The molecule has 1 amide bonds. The summed E-state index contributed by atoms with van der Waals surface area (Å²) >= 11 is 1.27. The van der Waals surface area contributed by atoms with Gasteiger partial charge in [0.05, 0.1) is 5.25 Å². The van der Waals surface area contributed by atoms with Crippen molar-refractivity contribution < 1.29 is 9.21 Å². The molecule has 0 N–H and O–H groups in total. The van der Waals surface area contributed by atoms with E-state index >= 15 is 0 Å². The van der Waals surface area contributed by atoms with Gasteiger partial charge in [0, 0.05) is 17.8 Å². The first-order chi connectivity index (χ1) is 12.2. The van der Waals surface area contributed by atoms with Crippen molar-refractivity contribution in [2.24, 2.45) is 0 Å². The van der Waals surface area contributed by atoms with E-state index in [9.17, 15) is 4.79 Å². The van der Waals surface area contributed by atoms with Crippen molar-refractivity contribution in [3.63, 3.8) is 0 Å². The molecule has 0 saturated heterocycles. The topological polar surface area (TPSA) is 59.2 Å². The summed E-state index contributed by atoms with van der Waals surface area (Å²) in [5.74, 6) is 0.469. The Bertz CT molecular complexity index is 821. The van der Waals surface area contributed by atoms with E-state index < -0.39 is 0 Å². The van der Waals surface area contributed by atoms with Gasteiger partial charge >= 0.3 is 0 Å². The van der Waals surface area contributed by atoms with E-state index in [1.165, 1.54) is 11.8 Å². The molecular weight excluding hydrogens is 334 g/mol. The maximum absolute atomic E-state index is 12.8. The van der Waals surface area contributed by atoms with E-state index in [-0.39, 0.29) is 11.2 Å². The fraction of sp³-hybridized carbons (Fsp3) is 0.211. The molecular formula is C19H19N3O2S. The van der Waals surface area contributed by atoms with Crippen LogP contribution in [0.15, 0.2) is 70.3 Å². The van der Waals surface area contributed by atoms with Gasteiger partial charge in [0.25, 0.3) is 5.22 Å². The molecule has 3 aromatic rings. The number of hydrogen-bond donors (Lipinski definition) is 0. The monoisotopic (exact) mass is 353 g/mol. The van der Waals surface area contributed by atoms with Crippen LogP contribution in [0.5, 0.6) is 0 Å². The lowest BCUT2D eigenvalue weighted by Crippen LogP contribution is -2.36. The predicted molar refractivity (Wildman–Crippen MR) is 99.5 cm³/mol. The Labute approximate surface area is 151 Å². The Hall–Kier alpha value is -2.60. The zero-order valence-electron chi connectivity index (χ0n) is 14.1. The highest BCUT2D eigenvalue weighted by molar-refractivity contribution is 8.00. The highest BCUT2D eigenvalue weighted by Crippen LogP contribution is 2.28. The lowest BCUT2D eigenvalue weighted by Gasteiger charge is -2.23. The van der Waals surface area contributed by atoms with E-state index in [1.54, 1.807) is 4.90 Å². The van der Waals surface area contributed by atoms with Crippen LogP contribution in [-0.4, -0.2) is 27.9 Å². The first-order valence-corrected chi connectivity index (χ1v) is 8.99. The molecule has 0 fully saturated rings. The molecule has 0 aliphatic rings. The molecule has 1 atom stereocenters. The van der Waals surface area contributed by atoms with Crippen LogP contribution in [0, 0.1) is 0 Å². The van der Waals surface area contributed by atoms with Gasteiger partial charge in [-0.2, -0.15) is 0 Å². The van der Waals surface area contributed by atoms with Crippen molar-refractivity contribution in [1.29, 1.82) is 0 Å². The molecule has 3 rings (SSSR count). The molecule has 0 aliphatic carbocycles.